The molecule has 1 aromatic rings. The molecule has 0 saturated carbocycles. The number of hydrogen-bond donors (Lipinski definition) is 1. The van der Waals surface area contributed by atoms with Gasteiger partial charge in [-0.3, -0.25) is 4.31 Å². The summed E-state index contributed by atoms with van der Waals surface area (Å²) in [4.78, 5) is 2.28. The van der Waals surface area contributed by atoms with Crippen LogP contribution in [-0.4, -0.2) is 50.9 Å². The van der Waals surface area contributed by atoms with Crippen LogP contribution in [0.5, 0.6) is 0 Å². The van der Waals surface area contributed by atoms with Crippen LogP contribution in [0.25, 0.3) is 0 Å². The first-order valence-electron chi connectivity index (χ1n) is 7.46. The average molecular weight is 310 g/mol. The third-order valence-electron chi connectivity index (χ3n) is 4.37. The van der Waals surface area contributed by atoms with Crippen molar-refractivity contribution in [2.24, 2.45) is 0 Å². The van der Waals surface area contributed by atoms with Gasteiger partial charge in [0.1, 0.15) is 0 Å². The molecular weight excluding hydrogens is 288 g/mol. The summed E-state index contributed by atoms with van der Waals surface area (Å²) in [6, 6.07) is 5.64. The van der Waals surface area contributed by atoms with Crippen molar-refractivity contribution in [1.82, 2.24) is 4.90 Å². The highest BCUT2D eigenvalue weighted by atomic mass is 32.2. The van der Waals surface area contributed by atoms with E-state index in [-0.39, 0.29) is 0 Å². The zero-order valence-corrected chi connectivity index (χ0v) is 13.1. The molecule has 3 rings (SSSR count). The van der Waals surface area contributed by atoms with Crippen molar-refractivity contribution in [2.75, 3.05) is 36.7 Å². The number of benzene rings is 1. The van der Waals surface area contributed by atoms with E-state index in [0.717, 1.165) is 29.9 Å². The maximum Gasteiger partial charge on any atom is 0.232 e. The lowest BCUT2D eigenvalue weighted by molar-refractivity contribution is 0.126. The molecule has 0 aromatic heterocycles. The fraction of sp³-hybridized carbons (Fsp3) is 0.600. The summed E-state index contributed by atoms with van der Waals surface area (Å²) in [7, 11) is -3.21. The molecule has 1 fully saturated rings. The highest BCUT2D eigenvalue weighted by Gasteiger charge is 2.27. The van der Waals surface area contributed by atoms with Crippen molar-refractivity contribution >= 4 is 15.7 Å². The number of anilines is 1. The number of nitrogens with zero attached hydrogens (tertiary/aromatic N) is 2. The molecule has 0 bridgehead atoms. The third kappa shape index (κ3) is 3.07. The van der Waals surface area contributed by atoms with Gasteiger partial charge in [0.25, 0.3) is 0 Å². The molecule has 2 aliphatic rings. The summed E-state index contributed by atoms with van der Waals surface area (Å²) in [5.41, 5.74) is 2.66. The van der Waals surface area contributed by atoms with Gasteiger partial charge < -0.3 is 10.0 Å². The SMILES string of the molecule is CS(=O)(=O)N1CCc2cc([C@H](O)CN3CCCC3)ccc21. The molecule has 1 N–H and O–H groups in total. The Bertz CT molecular complexity index is 624. The fourth-order valence-electron chi connectivity index (χ4n) is 3.26. The second-order valence-corrected chi connectivity index (χ2v) is 7.90. The molecule has 2 heterocycles. The van der Waals surface area contributed by atoms with E-state index in [1.807, 2.05) is 18.2 Å². The van der Waals surface area contributed by atoms with E-state index < -0.39 is 16.1 Å². The lowest BCUT2D eigenvalue weighted by Gasteiger charge is -2.21. The van der Waals surface area contributed by atoms with Crippen LogP contribution in [-0.2, 0) is 16.4 Å². The molecule has 0 unspecified atom stereocenters. The Morgan fingerprint density at radius 1 is 1.24 bits per heavy atom. The normalized spacial score (nSPS) is 20.8. The number of β-amino-alcohol motifs (C(OH)–C–C–N with tert-alkyl or cyclic N) is 1. The van der Waals surface area contributed by atoms with Crippen molar-refractivity contribution < 1.29 is 13.5 Å². The smallest absolute Gasteiger partial charge is 0.232 e. The Hall–Kier alpha value is -1.11. The number of rotatable bonds is 4. The predicted molar refractivity (Wildman–Crippen MR) is 83.0 cm³/mol. The van der Waals surface area contributed by atoms with Crippen molar-refractivity contribution in [3.8, 4) is 0 Å². The van der Waals surface area contributed by atoms with E-state index >= 15 is 0 Å². The molecule has 1 atom stereocenters. The van der Waals surface area contributed by atoms with Crippen LogP contribution in [0, 0.1) is 0 Å². The summed E-state index contributed by atoms with van der Waals surface area (Å²) in [5.74, 6) is 0. The van der Waals surface area contributed by atoms with Crippen molar-refractivity contribution in [1.29, 1.82) is 0 Å². The second kappa shape index (κ2) is 5.59. The van der Waals surface area contributed by atoms with Gasteiger partial charge in [-0.2, -0.15) is 0 Å². The monoisotopic (exact) mass is 310 g/mol. The zero-order chi connectivity index (χ0) is 15.0. The van der Waals surface area contributed by atoms with Gasteiger partial charge in [-0.25, -0.2) is 8.42 Å². The lowest BCUT2D eigenvalue weighted by atomic mass is 10.0. The van der Waals surface area contributed by atoms with Crippen LogP contribution in [0.1, 0.15) is 30.1 Å². The summed E-state index contributed by atoms with van der Waals surface area (Å²) in [6.07, 6.45) is 3.87. The minimum absolute atomic E-state index is 0.499. The molecule has 1 saturated heterocycles. The highest BCUT2D eigenvalue weighted by Crippen LogP contribution is 2.32. The number of sulfonamides is 1. The van der Waals surface area contributed by atoms with Gasteiger partial charge in [-0.15, -0.1) is 0 Å². The molecule has 0 amide bonds. The number of fused-ring (bicyclic) bond motifs is 1. The van der Waals surface area contributed by atoms with Crippen LogP contribution in [0.2, 0.25) is 0 Å². The lowest BCUT2D eigenvalue weighted by Crippen LogP contribution is -2.27. The van der Waals surface area contributed by atoms with E-state index in [4.69, 9.17) is 0 Å². The molecule has 0 radical (unpaired) electrons. The first-order valence-corrected chi connectivity index (χ1v) is 9.31. The summed E-state index contributed by atoms with van der Waals surface area (Å²) in [5, 5.41) is 10.4. The molecule has 2 aliphatic heterocycles. The van der Waals surface area contributed by atoms with Crippen LogP contribution >= 0.6 is 0 Å². The molecular formula is C15H22N2O3S. The van der Waals surface area contributed by atoms with Gasteiger partial charge in [-0.1, -0.05) is 12.1 Å². The largest absolute Gasteiger partial charge is 0.387 e. The first kappa shape index (κ1) is 14.8. The predicted octanol–water partition coefficient (Wildman–Crippen LogP) is 1.14. The van der Waals surface area contributed by atoms with E-state index in [0.29, 0.717) is 19.5 Å². The van der Waals surface area contributed by atoms with Gasteiger partial charge in [0.15, 0.2) is 0 Å². The minimum Gasteiger partial charge on any atom is -0.387 e. The standard InChI is InChI=1S/C15H22N2O3S/c1-21(19,20)17-9-6-12-10-13(4-5-14(12)17)15(18)11-16-7-2-3-8-16/h4-5,10,15,18H,2-3,6-9,11H2,1H3/t15-/m1/s1. The Morgan fingerprint density at radius 2 is 1.95 bits per heavy atom. The summed E-state index contributed by atoms with van der Waals surface area (Å²) < 4.78 is 24.9. The third-order valence-corrected chi connectivity index (χ3v) is 5.55. The molecule has 0 spiro atoms. The quantitative estimate of drug-likeness (QED) is 0.906. The minimum atomic E-state index is -3.21. The molecule has 21 heavy (non-hydrogen) atoms. The van der Waals surface area contributed by atoms with Gasteiger partial charge in [-0.05, 0) is 49.5 Å². The second-order valence-electron chi connectivity index (χ2n) is 6.00. The van der Waals surface area contributed by atoms with Crippen LogP contribution in [0.3, 0.4) is 0 Å². The van der Waals surface area contributed by atoms with E-state index in [2.05, 4.69) is 4.90 Å². The maximum absolute atomic E-state index is 11.7. The molecule has 6 heteroatoms. The summed E-state index contributed by atoms with van der Waals surface area (Å²) in [6.45, 7) is 3.28. The van der Waals surface area contributed by atoms with E-state index in [1.54, 1.807) is 0 Å². The molecule has 1 aromatic carbocycles. The molecule has 0 aliphatic carbocycles. The Morgan fingerprint density at radius 3 is 2.62 bits per heavy atom. The van der Waals surface area contributed by atoms with E-state index in [9.17, 15) is 13.5 Å². The Kier molecular flexibility index (Phi) is 3.94. The van der Waals surface area contributed by atoms with Gasteiger partial charge in [0.05, 0.1) is 18.0 Å². The first-order chi connectivity index (χ1) is 9.95. The fourth-order valence-corrected chi connectivity index (χ4v) is 4.22. The number of likely N-dealkylation sites (tertiary alicyclic amines) is 1. The Labute approximate surface area is 126 Å². The van der Waals surface area contributed by atoms with Gasteiger partial charge in [0, 0.05) is 13.1 Å². The van der Waals surface area contributed by atoms with Crippen LogP contribution in [0.4, 0.5) is 5.69 Å². The topological polar surface area (TPSA) is 60.9 Å². The van der Waals surface area contributed by atoms with Crippen molar-refractivity contribution in [3.63, 3.8) is 0 Å². The van der Waals surface area contributed by atoms with Gasteiger partial charge in [0.2, 0.25) is 10.0 Å². The number of aliphatic hydroxyl groups is 1. The summed E-state index contributed by atoms with van der Waals surface area (Å²) >= 11 is 0. The highest BCUT2D eigenvalue weighted by molar-refractivity contribution is 7.92. The van der Waals surface area contributed by atoms with Crippen molar-refractivity contribution in [2.45, 2.75) is 25.4 Å². The van der Waals surface area contributed by atoms with Crippen LogP contribution < -0.4 is 4.31 Å². The number of aliphatic hydroxyl groups excluding tert-OH is 1. The van der Waals surface area contributed by atoms with E-state index in [1.165, 1.54) is 23.4 Å². The zero-order valence-electron chi connectivity index (χ0n) is 12.3. The molecule has 5 nitrogen and oxygen atoms in total. The van der Waals surface area contributed by atoms with Gasteiger partial charge >= 0.3 is 0 Å². The van der Waals surface area contributed by atoms with Crippen LogP contribution in [0.15, 0.2) is 18.2 Å². The number of hydrogen-bond acceptors (Lipinski definition) is 4. The average Bonchev–Trinajstić information content (AvgIpc) is 3.05. The maximum atomic E-state index is 11.7. The molecule has 116 valence electrons. The van der Waals surface area contributed by atoms with Crippen molar-refractivity contribution in [3.05, 3.63) is 29.3 Å². The Balaban J connectivity index is 1.77.